The third kappa shape index (κ3) is 5.31. The number of esters is 1. The molecule has 1 aliphatic rings. The van der Waals surface area contributed by atoms with Gasteiger partial charge in [0.2, 0.25) is 0 Å². The number of nitrogens with zero attached hydrogens (tertiary/aromatic N) is 2. The van der Waals surface area contributed by atoms with Gasteiger partial charge in [-0.25, -0.2) is 9.48 Å². The molecule has 31 heavy (non-hydrogen) atoms. The van der Waals surface area contributed by atoms with Gasteiger partial charge in [0.25, 0.3) is 5.91 Å². The monoisotopic (exact) mass is 419 g/mol. The van der Waals surface area contributed by atoms with Gasteiger partial charge in [-0.1, -0.05) is 31.0 Å². The molecule has 2 heterocycles. The number of aryl methyl sites for hydroxylation is 1. The Hall–Kier alpha value is -3.61. The number of nitrogens with one attached hydrogen (secondary N) is 1. The number of benzene rings is 1. The second-order valence-electron chi connectivity index (χ2n) is 7.61. The molecule has 0 radical (unpaired) electrons. The number of carbonyl (C=O) groups is 2. The number of ether oxygens (including phenoxy) is 1. The van der Waals surface area contributed by atoms with Gasteiger partial charge in [-0.2, -0.15) is 5.10 Å². The molecule has 0 unspecified atom stereocenters. The van der Waals surface area contributed by atoms with Crippen molar-refractivity contribution < 1.29 is 18.7 Å². The second-order valence-corrected chi connectivity index (χ2v) is 7.61. The standard InChI is InChI=1S/C24H25N3O4/c1-17-11-13-21(31-17)24-18(15-27(26-24)20-9-3-2-4-10-20)12-14-23(29)30-16-22(28)25-19-7-5-6-8-19/h2-4,9-15,19H,5-8,16H2,1H3,(H,25,28)/b14-12+. The van der Waals surface area contributed by atoms with Gasteiger partial charge in [-0.05, 0) is 50.1 Å². The number of amides is 1. The highest BCUT2D eigenvalue weighted by atomic mass is 16.5. The van der Waals surface area contributed by atoms with Crippen LogP contribution in [0.1, 0.15) is 37.0 Å². The van der Waals surface area contributed by atoms with Crippen molar-refractivity contribution in [1.29, 1.82) is 0 Å². The summed E-state index contributed by atoms with van der Waals surface area (Å²) in [6.07, 6.45) is 8.97. The van der Waals surface area contributed by atoms with E-state index in [2.05, 4.69) is 10.4 Å². The molecular weight excluding hydrogens is 394 g/mol. The fourth-order valence-electron chi connectivity index (χ4n) is 3.66. The van der Waals surface area contributed by atoms with E-state index in [0.717, 1.165) is 37.1 Å². The lowest BCUT2D eigenvalue weighted by atomic mass is 10.2. The fraction of sp³-hybridized carbons (Fsp3) is 0.292. The minimum atomic E-state index is -0.587. The van der Waals surface area contributed by atoms with Crippen LogP contribution in [0.25, 0.3) is 23.2 Å². The van der Waals surface area contributed by atoms with Crippen molar-refractivity contribution in [3.05, 3.63) is 66.1 Å². The van der Waals surface area contributed by atoms with Crippen molar-refractivity contribution in [2.45, 2.75) is 38.6 Å². The molecule has 1 amide bonds. The van der Waals surface area contributed by atoms with Crippen LogP contribution in [0.3, 0.4) is 0 Å². The summed E-state index contributed by atoms with van der Waals surface area (Å²) < 4.78 is 12.5. The smallest absolute Gasteiger partial charge is 0.331 e. The van der Waals surface area contributed by atoms with Crippen LogP contribution in [0, 0.1) is 6.92 Å². The molecular formula is C24H25N3O4. The van der Waals surface area contributed by atoms with Crippen molar-refractivity contribution in [3.63, 3.8) is 0 Å². The molecule has 3 aromatic rings. The molecule has 7 nitrogen and oxygen atoms in total. The third-order valence-electron chi connectivity index (χ3n) is 5.20. The molecule has 4 rings (SSSR count). The normalized spacial score (nSPS) is 14.2. The zero-order valence-electron chi connectivity index (χ0n) is 17.4. The minimum Gasteiger partial charge on any atom is -0.460 e. The number of para-hydroxylation sites is 1. The molecule has 1 saturated carbocycles. The van der Waals surface area contributed by atoms with E-state index < -0.39 is 5.97 Å². The van der Waals surface area contributed by atoms with E-state index in [1.165, 1.54) is 6.08 Å². The maximum atomic E-state index is 12.1. The predicted molar refractivity (Wildman–Crippen MR) is 116 cm³/mol. The third-order valence-corrected chi connectivity index (χ3v) is 5.20. The molecule has 1 aromatic carbocycles. The number of hydrogen-bond acceptors (Lipinski definition) is 5. The largest absolute Gasteiger partial charge is 0.460 e. The van der Waals surface area contributed by atoms with Gasteiger partial charge in [0.1, 0.15) is 11.5 Å². The first kappa shape index (κ1) is 20.7. The fourth-order valence-corrected chi connectivity index (χ4v) is 3.66. The molecule has 0 bridgehead atoms. The van der Waals surface area contributed by atoms with Gasteiger partial charge < -0.3 is 14.5 Å². The van der Waals surface area contributed by atoms with Gasteiger partial charge in [-0.3, -0.25) is 4.79 Å². The molecule has 1 aliphatic carbocycles. The zero-order valence-corrected chi connectivity index (χ0v) is 17.4. The summed E-state index contributed by atoms with van der Waals surface area (Å²) in [5.41, 5.74) is 2.20. The molecule has 160 valence electrons. The van der Waals surface area contributed by atoms with Crippen LogP contribution in [-0.4, -0.2) is 34.3 Å². The topological polar surface area (TPSA) is 86.4 Å². The first-order valence-corrected chi connectivity index (χ1v) is 10.4. The summed E-state index contributed by atoms with van der Waals surface area (Å²) in [4.78, 5) is 24.1. The first-order valence-electron chi connectivity index (χ1n) is 10.4. The summed E-state index contributed by atoms with van der Waals surface area (Å²) >= 11 is 0. The Morgan fingerprint density at radius 2 is 1.97 bits per heavy atom. The Bertz CT molecular complexity index is 1080. The Morgan fingerprint density at radius 1 is 1.19 bits per heavy atom. The minimum absolute atomic E-state index is 0.199. The Morgan fingerprint density at radius 3 is 2.68 bits per heavy atom. The summed E-state index contributed by atoms with van der Waals surface area (Å²) in [5.74, 6) is 0.524. The predicted octanol–water partition coefficient (Wildman–Crippen LogP) is 4.06. The molecule has 1 fully saturated rings. The summed E-state index contributed by atoms with van der Waals surface area (Å²) in [5, 5.41) is 7.53. The van der Waals surface area contributed by atoms with Gasteiger partial charge in [-0.15, -0.1) is 0 Å². The van der Waals surface area contributed by atoms with Crippen LogP contribution < -0.4 is 5.32 Å². The van der Waals surface area contributed by atoms with Crippen molar-refractivity contribution in [1.82, 2.24) is 15.1 Å². The van der Waals surface area contributed by atoms with Gasteiger partial charge in [0.15, 0.2) is 12.4 Å². The second kappa shape index (κ2) is 9.47. The van der Waals surface area contributed by atoms with Crippen LogP contribution in [0.5, 0.6) is 0 Å². The number of aromatic nitrogens is 2. The van der Waals surface area contributed by atoms with Gasteiger partial charge in [0, 0.05) is 23.9 Å². The Kier molecular flexibility index (Phi) is 6.31. The number of hydrogen-bond donors (Lipinski definition) is 1. The maximum Gasteiger partial charge on any atom is 0.331 e. The summed E-state index contributed by atoms with van der Waals surface area (Å²) in [7, 11) is 0. The Balaban J connectivity index is 1.46. The van der Waals surface area contributed by atoms with E-state index >= 15 is 0 Å². The molecule has 1 N–H and O–H groups in total. The van der Waals surface area contributed by atoms with Crippen LogP contribution in [-0.2, 0) is 14.3 Å². The lowest BCUT2D eigenvalue weighted by Gasteiger charge is -2.11. The van der Waals surface area contributed by atoms with E-state index in [1.54, 1.807) is 10.8 Å². The molecule has 0 aliphatic heterocycles. The molecule has 2 aromatic heterocycles. The lowest BCUT2D eigenvalue weighted by molar-refractivity contribution is -0.144. The van der Waals surface area contributed by atoms with E-state index in [0.29, 0.717) is 17.0 Å². The van der Waals surface area contributed by atoms with Crippen molar-refractivity contribution >= 4 is 18.0 Å². The van der Waals surface area contributed by atoms with Crippen molar-refractivity contribution in [2.75, 3.05) is 6.61 Å². The highest BCUT2D eigenvalue weighted by molar-refractivity contribution is 5.90. The van der Waals surface area contributed by atoms with Gasteiger partial charge in [0.05, 0.1) is 5.69 Å². The summed E-state index contributed by atoms with van der Waals surface area (Å²) in [6.45, 7) is 1.58. The highest BCUT2D eigenvalue weighted by Gasteiger charge is 2.18. The van der Waals surface area contributed by atoms with Crippen LogP contribution in [0.15, 0.2) is 59.2 Å². The van der Waals surface area contributed by atoms with Crippen LogP contribution in [0.4, 0.5) is 0 Å². The molecule has 0 saturated heterocycles. The summed E-state index contributed by atoms with van der Waals surface area (Å²) in [6, 6.07) is 13.6. The van der Waals surface area contributed by atoms with E-state index in [4.69, 9.17) is 9.15 Å². The molecule has 0 spiro atoms. The molecule has 0 atom stereocenters. The SMILES string of the molecule is Cc1ccc(-c2nn(-c3ccccc3)cc2/C=C/C(=O)OCC(=O)NC2CCCC2)o1. The maximum absolute atomic E-state index is 12.1. The molecule has 7 heteroatoms. The average Bonchev–Trinajstić information content (AvgIpc) is 3.52. The number of carbonyl (C=O) groups excluding carboxylic acids is 2. The number of rotatable bonds is 7. The van der Waals surface area contributed by atoms with E-state index in [9.17, 15) is 9.59 Å². The van der Waals surface area contributed by atoms with Crippen molar-refractivity contribution in [3.8, 4) is 17.1 Å². The zero-order chi connectivity index (χ0) is 21.6. The van der Waals surface area contributed by atoms with Gasteiger partial charge >= 0.3 is 5.97 Å². The first-order chi connectivity index (χ1) is 15.1. The average molecular weight is 419 g/mol. The number of furan rings is 1. The van der Waals surface area contributed by atoms with Crippen LogP contribution >= 0.6 is 0 Å². The highest BCUT2D eigenvalue weighted by Crippen LogP contribution is 2.26. The van der Waals surface area contributed by atoms with Crippen LogP contribution in [0.2, 0.25) is 0 Å². The van der Waals surface area contributed by atoms with Crippen molar-refractivity contribution in [2.24, 2.45) is 0 Å². The Labute approximate surface area is 180 Å². The van der Waals surface area contributed by atoms with E-state index in [1.807, 2.05) is 55.6 Å². The van der Waals surface area contributed by atoms with E-state index in [-0.39, 0.29) is 18.6 Å². The quantitative estimate of drug-likeness (QED) is 0.461. The lowest BCUT2D eigenvalue weighted by Crippen LogP contribution is -2.35.